The fourth-order valence-electron chi connectivity index (χ4n) is 4.29. The highest BCUT2D eigenvalue weighted by Gasteiger charge is 2.78. The van der Waals surface area contributed by atoms with Crippen LogP contribution in [-0.2, 0) is 0 Å². The molecule has 4 aromatic heterocycles. The van der Waals surface area contributed by atoms with Crippen LogP contribution in [0.4, 0.5) is 22.0 Å². The number of halogens is 5. The van der Waals surface area contributed by atoms with Gasteiger partial charge in [0.2, 0.25) is 5.67 Å². The number of thiophene rings is 4. The smallest absolute Gasteiger partial charge is 0.227 e. The third kappa shape index (κ3) is 3.17. The van der Waals surface area contributed by atoms with Crippen LogP contribution in [0, 0.1) is 13.8 Å². The monoisotopic (exact) mass is 540 g/mol. The number of aryl methyl sites for hydroxylation is 2. The highest BCUT2D eigenvalue weighted by atomic mass is 32.1. The summed E-state index contributed by atoms with van der Waals surface area (Å²) in [6.07, 6.45) is 0.326. The van der Waals surface area contributed by atoms with Crippen molar-refractivity contribution in [2.75, 3.05) is 0 Å². The van der Waals surface area contributed by atoms with Gasteiger partial charge in [0, 0.05) is 40.4 Å². The summed E-state index contributed by atoms with van der Waals surface area (Å²) in [6, 6.07) is 10.3. The summed E-state index contributed by atoms with van der Waals surface area (Å²) in [5.41, 5.74) is -5.39. The lowest BCUT2D eigenvalue weighted by Gasteiger charge is -2.29. The molecule has 1 unspecified atom stereocenters. The molecule has 0 nitrogen and oxygen atoms in total. The van der Waals surface area contributed by atoms with Crippen LogP contribution in [-0.4, -0.2) is 17.5 Å². The Morgan fingerprint density at radius 1 is 0.735 bits per heavy atom. The molecule has 0 N–H and O–H groups in total. The van der Waals surface area contributed by atoms with Gasteiger partial charge in [0.25, 0.3) is 0 Å². The molecule has 1 aliphatic rings. The molecule has 1 atom stereocenters. The van der Waals surface area contributed by atoms with E-state index in [0.29, 0.717) is 25.6 Å². The van der Waals surface area contributed by atoms with Gasteiger partial charge in [0.05, 0.1) is 0 Å². The molecule has 0 aromatic carbocycles. The molecule has 0 bridgehead atoms. The fraction of sp³-hybridized carbons (Fsp3) is 0.200. The molecular formula is C25H17F5S4. The van der Waals surface area contributed by atoms with Crippen LogP contribution >= 0.6 is 45.3 Å². The summed E-state index contributed by atoms with van der Waals surface area (Å²) in [5, 5.41) is 3.70. The maximum Gasteiger partial charge on any atom is 0.355 e. The Bertz CT molecular complexity index is 1400. The van der Waals surface area contributed by atoms with Crippen LogP contribution in [0.1, 0.15) is 20.9 Å². The van der Waals surface area contributed by atoms with Crippen molar-refractivity contribution in [3.63, 3.8) is 0 Å². The molecule has 0 amide bonds. The summed E-state index contributed by atoms with van der Waals surface area (Å²) in [5.74, 6) is -9.73. The zero-order valence-electron chi connectivity index (χ0n) is 17.9. The zero-order valence-corrected chi connectivity index (χ0v) is 21.2. The summed E-state index contributed by atoms with van der Waals surface area (Å²) >= 11 is 5.34. The summed E-state index contributed by atoms with van der Waals surface area (Å²) in [7, 11) is 0. The van der Waals surface area contributed by atoms with Crippen molar-refractivity contribution in [3.05, 3.63) is 80.7 Å². The lowest BCUT2D eigenvalue weighted by Crippen LogP contribution is -2.50. The van der Waals surface area contributed by atoms with E-state index >= 15 is 22.0 Å². The predicted octanol–water partition coefficient (Wildman–Crippen LogP) is 9.97. The van der Waals surface area contributed by atoms with E-state index in [1.165, 1.54) is 51.4 Å². The molecule has 0 aliphatic heterocycles. The number of hydrogen-bond acceptors (Lipinski definition) is 4. The van der Waals surface area contributed by atoms with Gasteiger partial charge in [-0.3, -0.25) is 0 Å². The molecule has 0 spiro atoms. The van der Waals surface area contributed by atoms with Gasteiger partial charge in [0.15, 0.2) is 0 Å². The van der Waals surface area contributed by atoms with E-state index in [2.05, 4.69) is 6.58 Å². The van der Waals surface area contributed by atoms with E-state index in [1.807, 2.05) is 35.0 Å². The third-order valence-electron chi connectivity index (χ3n) is 5.96. The molecule has 0 saturated heterocycles. The molecule has 176 valence electrons. The Morgan fingerprint density at radius 2 is 1.21 bits per heavy atom. The Hall–Kier alpha value is -2.07. The second-order valence-corrected chi connectivity index (χ2v) is 12.3. The first kappa shape index (κ1) is 23.7. The lowest BCUT2D eigenvalue weighted by molar-refractivity contribution is -0.206. The van der Waals surface area contributed by atoms with E-state index in [9.17, 15) is 0 Å². The molecule has 0 fully saturated rings. The Kier molecular flexibility index (Phi) is 5.55. The second-order valence-electron chi connectivity index (χ2n) is 7.93. The van der Waals surface area contributed by atoms with Crippen molar-refractivity contribution in [2.24, 2.45) is 0 Å². The van der Waals surface area contributed by atoms with Crippen molar-refractivity contribution in [1.82, 2.24) is 0 Å². The van der Waals surface area contributed by atoms with Crippen molar-refractivity contribution in [1.29, 1.82) is 0 Å². The van der Waals surface area contributed by atoms with Crippen LogP contribution in [0.25, 0.3) is 30.7 Å². The molecule has 9 heteroatoms. The lowest BCUT2D eigenvalue weighted by atomic mass is 9.88. The maximum atomic E-state index is 16.2. The Balaban J connectivity index is 1.83. The molecule has 34 heavy (non-hydrogen) atoms. The molecule has 4 aromatic rings. The predicted molar refractivity (Wildman–Crippen MR) is 135 cm³/mol. The third-order valence-corrected chi connectivity index (χ3v) is 10.2. The molecule has 0 radical (unpaired) electrons. The van der Waals surface area contributed by atoms with Gasteiger partial charge in [-0.25, -0.2) is 4.39 Å². The van der Waals surface area contributed by atoms with E-state index in [4.69, 9.17) is 0 Å². The van der Waals surface area contributed by atoms with Crippen molar-refractivity contribution in [3.8, 4) is 19.5 Å². The fourth-order valence-corrected chi connectivity index (χ4v) is 7.99. The minimum absolute atomic E-state index is 0.0577. The van der Waals surface area contributed by atoms with Crippen molar-refractivity contribution >= 4 is 56.5 Å². The highest BCUT2D eigenvalue weighted by molar-refractivity contribution is 7.22. The Labute approximate surface area is 209 Å². The standard InChI is InChI=1S/C25H17F5S4/c1-4-23(26)21(15-11-19(33-13(15)2)17-7-5-9-31-17)22(24(27,28)25(23,29)30)16-12-20(34-14(16)3)18-8-6-10-32-18/h4-12H,1H2,2-3H3. The average Bonchev–Trinajstić information content (AvgIpc) is 3.58. The quantitative estimate of drug-likeness (QED) is 0.175. The van der Waals surface area contributed by atoms with Crippen LogP contribution in [0.5, 0.6) is 0 Å². The highest BCUT2D eigenvalue weighted by Crippen LogP contribution is 2.66. The second kappa shape index (κ2) is 7.98. The molecular weight excluding hydrogens is 524 g/mol. The van der Waals surface area contributed by atoms with Gasteiger partial charge in [-0.15, -0.1) is 45.3 Å². The molecule has 4 heterocycles. The number of alkyl halides is 5. The molecule has 1 aliphatic carbocycles. The van der Waals surface area contributed by atoms with Crippen molar-refractivity contribution < 1.29 is 22.0 Å². The van der Waals surface area contributed by atoms with E-state index in [1.54, 1.807) is 19.9 Å². The summed E-state index contributed by atoms with van der Waals surface area (Å²) in [4.78, 5) is 3.97. The van der Waals surface area contributed by atoms with Gasteiger partial charge < -0.3 is 0 Å². The first-order valence-electron chi connectivity index (χ1n) is 10.2. The minimum atomic E-state index is -5.00. The first-order valence-corrected chi connectivity index (χ1v) is 13.5. The van der Waals surface area contributed by atoms with Gasteiger partial charge in [0.1, 0.15) is 0 Å². The largest absolute Gasteiger partial charge is 0.355 e. The molecule has 0 saturated carbocycles. The maximum absolute atomic E-state index is 16.2. The first-order chi connectivity index (χ1) is 16.0. The normalized spacial score (nSPS) is 21.4. The van der Waals surface area contributed by atoms with Gasteiger partial charge >= 0.3 is 11.8 Å². The minimum Gasteiger partial charge on any atom is -0.227 e. The van der Waals surface area contributed by atoms with Crippen LogP contribution in [0.15, 0.2) is 59.8 Å². The van der Waals surface area contributed by atoms with Crippen LogP contribution in [0.3, 0.4) is 0 Å². The SMILES string of the molecule is C=CC1(F)C(c2cc(-c3cccs3)sc2C)=C(c2cc(-c3cccs3)sc2C)C(F)(F)C1(F)F. The number of rotatable bonds is 5. The number of allylic oxidation sites excluding steroid dienone is 3. The van der Waals surface area contributed by atoms with Crippen molar-refractivity contribution in [2.45, 2.75) is 31.4 Å². The van der Waals surface area contributed by atoms with Gasteiger partial charge in [-0.1, -0.05) is 18.7 Å². The van der Waals surface area contributed by atoms with Crippen LogP contribution < -0.4 is 0 Å². The van der Waals surface area contributed by atoms with Gasteiger partial charge in [-0.05, 0) is 66.1 Å². The van der Waals surface area contributed by atoms with Gasteiger partial charge in [-0.2, -0.15) is 17.6 Å². The summed E-state index contributed by atoms with van der Waals surface area (Å²) < 4.78 is 77.7. The summed E-state index contributed by atoms with van der Waals surface area (Å²) in [6.45, 7) is 6.45. The van der Waals surface area contributed by atoms with E-state index in [-0.39, 0.29) is 11.1 Å². The topological polar surface area (TPSA) is 0 Å². The van der Waals surface area contributed by atoms with E-state index < -0.39 is 28.7 Å². The number of hydrogen-bond donors (Lipinski definition) is 0. The average molecular weight is 541 g/mol. The Morgan fingerprint density at radius 3 is 1.62 bits per heavy atom. The zero-order chi connectivity index (χ0) is 24.5. The molecule has 5 rings (SSSR count). The van der Waals surface area contributed by atoms with Crippen LogP contribution in [0.2, 0.25) is 0 Å². The van der Waals surface area contributed by atoms with E-state index in [0.717, 1.165) is 9.75 Å².